The summed E-state index contributed by atoms with van der Waals surface area (Å²) in [6.07, 6.45) is 1.96. The topological polar surface area (TPSA) is 18.5 Å². The van der Waals surface area contributed by atoms with Crippen LogP contribution >= 0.6 is 0 Å². The summed E-state index contributed by atoms with van der Waals surface area (Å²) in [5.41, 5.74) is 1.03. The molecule has 0 fully saturated rings. The summed E-state index contributed by atoms with van der Waals surface area (Å²) >= 11 is 0. The number of hydrogen-bond acceptors (Lipinski definition) is 2. The molecule has 0 saturated heterocycles. The molecule has 0 atom stereocenters. The van der Waals surface area contributed by atoms with Crippen LogP contribution in [-0.4, -0.2) is 20.5 Å². The van der Waals surface area contributed by atoms with Gasteiger partial charge < -0.3 is 8.85 Å². The monoisotopic (exact) mass is 264 g/mol. The van der Waals surface area contributed by atoms with E-state index in [-0.39, 0.29) is 0 Å². The van der Waals surface area contributed by atoms with Crippen molar-refractivity contribution in [2.45, 2.75) is 59.7 Å². The summed E-state index contributed by atoms with van der Waals surface area (Å²) in [4.78, 5) is 0. The molecule has 0 amide bonds. The number of rotatable bonds is 5. The van der Waals surface area contributed by atoms with Crippen molar-refractivity contribution in [1.29, 1.82) is 0 Å². The first-order chi connectivity index (χ1) is 8.26. The van der Waals surface area contributed by atoms with Crippen molar-refractivity contribution in [3.05, 3.63) is 11.8 Å². The van der Waals surface area contributed by atoms with Crippen molar-refractivity contribution < 1.29 is 8.85 Å². The molecule has 0 heterocycles. The second-order valence-electron chi connectivity index (χ2n) is 4.90. The van der Waals surface area contributed by atoms with Gasteiger partial charge in [0.1, 0.15) is 11.2 Å². The first kappa shape index (κ1) is 17.0. The van der Waals surface area contributed by atoms with Gasteiger partial charge in [0.05, 0.1) is 0 Å². The van der Waals surface area contributed by atoms with Crippen LogP contribution in [-0.2, 0) is 8.85 Å². The molecule has 0 aromatic carbocycles. The Hall–Kier alpha value is -1.00. The van der Waals surface area contributed by atoms with Gasteiger partial charge >= 0.3 is 9.28 Å². The first-order valence-electron chi connectivity index (χ1n) is 6.12. The molecule has 0 aliphatic rings. The highest BCUT2D eigenvalue weighted by atomic mass is 28.3. The van der Waals surface area contributed by atoms with Crippen molar-refractivity contribution in [3.8, 4) is 23.7 Å². The Morgan fingerprint density at radius 2 is 1.28 bits per heavy atom. The van der Waals surface area contributed by atoms with Crippen molar-refractivity contribution in [2.24, 2.45) is 0 Å². The summed E-state index contributed by atoms with van der Waals surface area (Å²) in [5, 5.41) is 0. The van der Waals surface area contributed by atoms with Gasteiger partial charge in [0.2, 0.25) is 0 Å². The standard InChI is InChI=1S/C15H24O2Si/c1-8-11-14(4,5)16-18(13-10-3)17-15(6,7)12-9-2/h10,13,18H,1-7H3. The van der Waals surface area contributed by atoms with E-state index in [4.69, 9.17) is 8.85 Å². The highest BCUT2D eigenvalue weighted by Gasteiger charge is 2.27. The van der Waals surface area contributed by atoms with E-state index in [1.165, 1.54) is 0 Å². The fourth-order valence-corrected chi connectivity index (χ4v) is 3.30. The van der Waals surface area contributed by atoms with Crippen LogP contribution in [0, 0.1) is 23.7 Å². The van der Waals surface area contributed by atoms with Crippen LogP contribution in [0.4, 0.5) is 0 Å². The highest BCUT2D eigenvalue weighted by molar-refractivity contribution is 6.51. The van der Waals surface area contributed by atoms with Gasteiger partial charge in [0.25, 0.3) is 0 Å². The summed E-state index contributed by atoms with van der Waals surface area (Å²) in [7, 11) is -1.93. The molecule has 0 spiro atoms. The maximum Gasteiger partial charge on any atom is 0.350 e. The molecule has 3 heteroatoms. The van der Waals surface area contributed by atoms with Crippen LogP contribution in [0.3, 0.4) is 0 Å². The largest absolute Gasteiger partial charge is 0.377 e. The summed E-state index contributed by atoms with van der Waals surface area (Å²) < 4.78 is 12.0. The van der Waals surface area contributed by atoms with E-state index in [1.54, 1.807) is 0 Å². The fourth-order valence-electron chi connectivity index (χ4n) is 1.50. The molecule has 0 aromatic rings. The van der Waals surface area contributed by atoms with Crippen molar-refractivity contribution >= 4 is 9.28 Å². The lowest BCUT2D eigenvalue weighted by Crippen LogP contribution is -2.39. The maximum atomic E-state index is 5.99. The van der Waals surface area contributed by atoms with Crippen LogP contribution in [0.25, 0.3) is 0 Å². The van der Waals surface area contributed by atoms with Gasteiger partial charge in [-0.1, -0.05) is 17.9 Å². The Morgan fingerprint density at radius 1 is 0.889 bits per heavy atom. The van der Waals surface area contributed by atoms with Gasteiger partial charge in [-0.15, -0.1) is 11.8 Å². The molecule has 0 radical (unpaired) electrons. The molecule has 0 saturated carbocycles. The third-order valence-electron chi connectivity index (χ3n) is 2.02. The lowest BCUT2D eigenvalue weighted by molar-refractivity contribution is 0.0756. The second kappa shape index (κ2) is 7.44. The molecule has 100 valence electrons. The lowest BCUT2D eigenvalue weighted by atomic mass is 10.1. The zero-order valence-electron chi connectivity index (χ0n) is 12.5. The maximum absolute atomic E-state index is 5.99. The Morgan fingerprint density at radius 3 is 1.56 bits per heavy atom. The quantitative estimate of drug-likeness (QED) is 0.561. The fraction of sp³-hybridized carbons (Fsp3) is 0.600. The SMILES string of the molecule is CC#CC(C)(C)O[SiH](C=CC)OC(C)(C)C#CC. The van der Waals surface area contributed by atoms with Crippen molar-refractivity contribution in [2.75, 3.05) is 0 Å². The predicted molar refractivity (Wildman–Crippen MR) is 79.2 cm³/mol. The summed E-state index contributed by atoms with van der Waals surface area (Å²) in [6.45, 7) is 13.4. The summed E-state index contributed by atoms with van der Waals surface area (Å²) in [6, 6.07) is 0. The zero-order chi connectivity index (χ0) is 14.2. The van der Waals surface area contributed by atoms with Crippen LogP contribution in [0.2, 0.25) is 0 Å². The average molecular weight is 264 g/mol. The van der Waals surface area contributed by atoms with E-state index in [0.29, 0.717) is 0 Å². The van der Waals surface area contributed by atoms with Crippen molar-refractivity contribution in [3.63, 3.8) is 0 Å². The molecule has 0 aliphatic heterocycles. The molecule has 0 unspecified atom stereocenters. The minimum Gasteiger partial charge on any atom is -0.377 e. The minimum absolute atomic E-state index is 0.485. The van der Waals surface area contributed by atoms with Crippen LogP contribution < -0.4 is 0 Å². The number of allylic oxidation sites excluding steroid dienone is 1. The molecule has 0 bridgehead atoms. The van der Waals surface area contributed by atoms with Gasteiger partial charge in [-0.3, -0.25) is 0 Å². The van der Waals surface area contributed by atoms with Gasteiger partial charge in [-0.05, 0) is 54.2 Å². The Balaban J connectivity index is 4.86. The van der Waals surface area contributed by atoms with Crippen LogP contribution in [0.15, 0.2) is 11.8 Å². The number of hydrogen-bond donors (Lipinski definition) is 0. The van der Waals surface area contributed by atoms with E-state index in [2.05, 4.69) is 23.7 Å². The van der Waals surface area contributed by atoms with E-state index in [1.807, 2.05) is 60.2 Å². The summed E-state index contributed by atoms with van der Waals surface area (Å²) in [5.74, 6) is 11.8. The third-order valence-corrected chi connectivity index (χ3v) is 4.37. The Labute approximate surface area is 114 Å². The van der Waals surface area contributed by atoms with Crippen LogP contribution in [0.5, 0.6) is 0 Å². The Bertz CT molecular complexity index is 366. The van der Waals surface area contributed by atoms with Crippen LogP contribution in [0.1, 0.15) is 48.5 Å². The van der Waals surface area contributed by atoms with E-state index < -0.39 is 20.5 Å². The first-order valence-corrected chi connectivity index (χ1v) is 7.73. The van der Waals surface area contributed by atoms with Gasteiger partial charge in [-0.2, -0.15) is 0 Å². The van der Waals surface area contributed by atoms with Gasteiger partial charge in [0.15, 0.2) is 0 Å². The molecular formula is C15H24O2Si. The Kier molecular flexibility index (Phi) is 7.02. The van der Waals surface area contributed by atoms with E-state index in [0.717, 1.165) is 0 Å². The van der Waals surface area contributed by atoms with E-state index in [9.17, 15) is 0 Å². The third kappa shape index (κ3) is 7.35. The molecule has 2 nitrogen and oxygen atoms in total. The average Bonchev–Trinajstić information content (AvgIpc) is 2.15. The highest BCUT2D eigenvalue weighted by Crippen LogP contribution is 2.16. The minimum atomic E-state index is -1.93. The smallest absolute Gasteiger partial charge is 0.350 e. The molecule has 18 heavy (non-hydrogen) atoms. The lowest BCUT2D eigenvalue weighted by Gasteiger charge is -2.29. The molecule has 0 N–H and O–H groups in total. The van der Waals surface area contributed by atoms with Gasteiger partial charge in [-0.25, -0.2) is 0 Å². The molecule has 0 aliphatic carbocycles. The normalized spacial score (nSPS) is 12.0. The zero-order valence-corrected chi connectivity index (χ0v) is 13.7. The van der Waals surface area contributed by atoms with Gasteiger partial charge in [0, 0.05) is 0 Å². The second-order valence-corrected chi connectivity index (χ2v) is 6.49. The van der Waals surface area contributed by atoms with Crippen molar-refractivity contribution in [1.82, 2.24) is 0 Å². The molecule has 0 aromatic heterocycles. The van der Waals surface area contributed by atoms with E-state index >= 15 is 0 Å². The predicted octanol–water partition coefficient (Wildman–Crippen LogP) is 2.96. The molecule has 0 rings (SSSR count). The molecular weight excluding hydrogens is 240 g/mol.